The SMILES string of the molecule is O=C1[C@H](Cc2ccc(Cl)nc2F)CCN1c1ccc(-c2ccncc2)nn1. The second-order valence-electron chi connectivity index (χ2n) is 6.28. The summed E-state index contributed by atoms with van der Waals surface area (Å²) in [6.07, 6.45) is 4.27. The van der Waals surface area contributed by atoms with Crippen LogP contribution >= 0.6 is 11.6 Å². The number of aromatic nitrogens is 4. The molecule has 4 rings (SSSR count). The molecule has 1 atom stereocenters. The predicted molar refractivity (Wildman–Crippen MR) is 98.6 cm³/mol. The number of amides is 1. The highest BCUT2D eigenvalue weighted by Gasteiger charge is 2.34. The number of carbonyl (C=O) groups excluding carboxylic acids is 1. The van der Waals surface area contributed by atoms with Gasteiger partial charge < -0.3 is 0 Å². The van der Waals surface area contributed by atoms with Gasteiger partial charge in [0.1, 0.15) is 5.15 Å². The molecule has 0 aliphatic carbocycles. The molecule has 0 saturated carbocycles. The first-order valence-corrected chi connectivity index (χ1v) is 8.86. The van der Waals surface area contributed by atoms with Gasteiger partial charge in [0.05, 0.1) is 5.69 Å². The molecule has 0 unspecified atom stereocenters. The fraction of sp³-hybridized carbons (Fsp3) is 0.211. The number of nitrogens with zero attached hydrogens (tertiary/aromatic N) is 5. The summed E-state index contributed by atoms with van der Waals surface area (Å²) in [7, 11) is 0. The highest BCUT2D eigenvalue weighted by Crippen LogP contribution is 2.27. The van der Waals surface area contributed by atoms with E-state index in [1.807, 2.05) is 18.2 Å². The van der Waals surface area contributed by atoms with Gasteiger partial charge in [-0.2, -0.15) is 4.39 Å². The van der Waals surface area contributed by atoms with Crippen molar-refractivity contribution in [1.82, 2.24) is 20.2 Å². The normalized spacial score (nSPS) is 16.7. The minimum absolute atomic E-state index is 0.0877. The maximum atomic E-state index is 13.9. The second kappa shape index (κ2) is 7.36. The van der Waals surface area contributed by atoms with Crippen molar-refractivity contribution in [1.29, 1.82) is 0 Å². The average molecular weight is 384 g/mol. The third-order valence-corrected chi connectivity index (χ3v) is 4.79. The summed E-state index contributed by atoms with van der Waals surface area (Å²) >= 11 is 5.68. The Kier molecular flexibility index (Phi) is 4.77. The van der Waals surface area contributed by atoms with E-state index in [-0.39, 0.29) is 23.4 Å². The van der Waals surface area contributed by atoms with Crippen LogP contribution in [0.4, 0.5) is 10.2 Å². The van der Waals surface area contributed by atoms with Crippen molar-refractivity contribution in [2.24, 2.45) is 5.92 Å². The fourth-order valence-corrected chi connectivity index (χ4v) is 3.30. The molecule has 136 valence electrons. The van der Waals surface area contributed by atoms with E-state index in [0.29, 0.717) is 30.0 Å². The van der Waals surface area contributed by atoms with Crippen LogP contribution in [0.15, 0.2) is 48.8 Å². The summed E-state index contributed by atoms with van der Waals surface area (Å²) in [6.45, 7) is 0.523. The summed E-state index contributed by atoms with van der Waals surface area (Å²) in [6, 6.07) is 10.4. The van der Waals surface area contributed by atoms with Gasteiger partial charge in [-0.1, -0.05) is 17.7 Å². The van der Waals surface area contributed by atoms with Crippen LogP contribution in [-0.2, 0) is 11.2 Å². The highest BCUT2D eigenvalue weighted by atomic mass is 35.5. The molecule has 1 aliphatic heterocycles. The molecule has 6 nitrogen and oxygen atoms in total. The molecule has 3 aromatic heterocycles. The second-order valence-corrected chi connectivity index (χ2v) is 6.66. The molecule has 27 heavy (non-hydrogen) atoms. The Bertz CT molecular complexity index is 968. The highest BCUT2D eigenvalue weighted by molar-refractivity contribution is 6.29. The van der Waals surface area contributed by atoms with E-state index in [0.717, 1.165) is 5.56 Å². The lowest BCUT2D eigenvalue weighted by molar-refractivity contribution is -0.120. The molecule has 1 saturated heterocycles. The van der Waals surface area contributed by atoms with Crippen molar-refractivity contribution < 1.29 is 9.18 Å². The lowest BCUT2D eigenvalue weighted by atomic mass is 9.99. The van der Waals surface area contributed by atoms with E-state index in [1.165, 1.54) is 6.07 Å². The van der Waals surface area contributed by atoms with Gasteiger partial charge in [-0.15, -0.1) is 10.2 Å². The van der Waals surface area contributed by atoms with Crippen molar-refractivity contribution in [2.75, 3.05) is 11.4 Å². The molecule has 8 heteroatoms. The number of pyridine rings is 2. The van der Waals surface area contributed by atoms with Crippen LogP contribution in [0.5, 0.6) is 0 Å². The molecule has 0 spiro atoms. The van der Waals surface area contributed by atoms with Crippen LogP contribution in [-0.4, -0.2) is 32.6 Å². The lowest BCUT2D eigenvalue weighted by Gasteiger charge is -2.15. The summed E-state index contributed by atoms with van der Waals surface area (Å²) in [5, 5.41) is 8.49. The number of halogens is 2. The zero-order chi connectivity index (χ0) is 18.8. The minimum atomic E-state index is -0.629. The molecule has 0 bridgehead atoms. The molecular formula is C19H15ClFN5O. The minimum Gasteiger partial charge on any atom is -0.295 e. The first kappa shape index (κ1) is 17.5. The average Bonchev–Trinajstić information content (AvgIpc) is 3.05. The Morgan fingerprint density at radius 1 is 1.11 bits per heavy atom. The molecule has 0 radical (unpaired) electrons. The van der Waals surface area contributed by atoms with Crippen LogP contribution in [0.3, 0.4) is 0 Å². The first-order valence-electron chi connectivity index (χ1n) is 8.48. The lowest BCUT2D eigenvalue weighted by Crippen LogP contribution is -2.28. The molecule has 1 amide bonds. The Hall–Kier alpha value is -2.93. The van der Waals surface area contributed by atoms with Crippen LogP contribution in [0, 0.1) is 11.9 Å². The number of carbonyl (C=O) groups is 1. The summed E-state index contributed by atoms with van der Waals surface area (Å²) in [4.78, 5) is 21.9. The van der Waals surface area contributed by atoms with E-state index >= 15 is 0 Å². The smallest absolute Gasteiger partial charge is 0.231 e. The maximum Gasteiger partial charge on any atom is 0.231 e. The van der Waals surface area contributed by atoms with E-state index < -0.39 is 5.95 Å². The van der Waals surface area contributed by atoms with Crippen molar-refractivity contribution in [3.05, 3.63) is 65.5 Å². The van der Waals surface area contributed by atoms with Crippen LogP contribution in [0.1, 0.15) is 12.0 Å². The van der Waals surface area contributed by atoms with Crippen molar-refractivity contribution in [3.8, 4) is 11.3 Å². The molecule has 4 heterocycles. The zero-order valence-electron chi connectivity index (χ0n) is 14.2. The van der Waals surface area contributed by atoms with E-state index in [2.05, 4.69) is 20.2 Å². The number of anilines is 1. The Morgan fingerprint density at radius 2 is 1.93 bits per heavy atom. The Labute approximate surface area is 160 Å². The van der Waals surface area contributed by atoms with Gasteiger partial charge in [0, 0.05) is 36.0 Å². The topological polar surface area (TPSA) is 71.9 Å². The summed E-state index contributed by atoms with van der Waals surface area (Å²) in [5.41, 5.74) is 2.00. The van der Waals surface area contributed by atoms with Gasteiger partial charge in [-0.05, 0) is 43.2 Å². The number of rotatable bonds is 4. The Balaban J connectivity index is 1.48. The molecule has 1 aliphatic rings. The fourth-order valence-electron chi connectivity index (χ4n) is 3.16. The number of hydrogen-bond acceptors (Lipinski definition) is 5. The standard InChI is InChI=1S/C19H15ClFN5O/c20-16-3-1-13(18(21)23-16)11-14-7-10-26(19(14)27)17-4-2-15(24-25-17)12-5-8-22-9-6-12/h1-6,8-9,14H,7,10-11H2/t14-/m0/s1. The predicted octanol–water partition coefficient (Wildman–Crippen LogP) is 3.32. The van der Waals surface area contributed by atoms with E-state index in [4.69, 9.17) is 11.6 Å². The van der Waals surface area contributed by atoms with Crippen LogP contribution in [0.2, 0.25) is 5.15 Å². The molecule has 3 aromatic rings. The van der Waals surface area contributed by atoms with Gasteiger partial charge in [0.25, 0.3) is 0 Å². The van der Waals surface area contributed by atoms with Gasteiger partial charge in [-0.3, -0.25) is 14.7 Å². The number of hydrogen-bond donors (Lipinski definition) is 0. The van der Waals surface area contributed by atoms with Crippen LogP contribution < -0.4 is 4.90 Å². The summed E-state index contributed by atoms with van der Waals surface area (Å²) in [5.74, 6) is -0.537. The molecular weight excluding hydrogens is 369 g/mol. The van der Waals surface area contributed by atoms with Crippen LogP contribution in [0.25, 0.3) is 11.3 Å². The quantitative estimate of drug-likeness (QED) is 0.646. The van der Waals surface area contributed by atoms with Gasteiger partial charge >= 0.3 is 0 Å². The Morgan fingerprint density at radius 3 is 2.63 bits per heavy atom. The first-order chi connectivity index (χ1) is 13.1. The third kappa shape index (κ3) is 3.64. The summed E-state index contributed by atoms with van der Waals surface area (Å²) < 4.78 is 13.9. The van der Waals surface area contributed by atoms with Gasteiger partial charge in [0.15, 0.2) is 5.82 Å². The third-order valence-electron chi connectivity index (χ3n) is 4.58. The molecule has 0 aromatic carbocycles. The van der Waals surface area contributed by atoms with Gasteiger partial charge in [0.2, 0.25) is 11.9 Å². The zero-order valence-corrected chi connectivity index (χ0v) is 15.0. The molecule has 1 fully saturated rings. The van der Waals surface area contributed by atoms with Crippen molar-refractivity contribution in [3.63, 3.8) is 0 Å². The van der Waals surface area contributed by atoms with Crippen molar-refractivity contribution in [2.45, 2.75) is 12.8 Å². The van der Waals surface area contributed by atoms with Crippen molar-refractivity contribution >= 4 is 23.3 Å². The van der Waals surface area contributed by atoms with E-state index in [9.17, 15) is 9.18 Å². The monoisotopic (exact) mass is 383 g/mol. The van der Waals surface area contributed by atoms with Gasteiger partial charge in [-0.25, -0.2) is 4.98 Å². The van der Waals surface area contributed by atoms with E-state index in [1.54, 1.807) is 29.4 Å². The molecule has 0 N–H and O–H groups in total. The maximum absolute atomic E-state index is 13.9. The largest absolute Gasteiger partial charge is 0.295 e.